The van der Waals surface area contributed by atoms with Crippen molar-refractivity contribution in [2.75, 3.05) is 0 Å². The van der Waals surface area contributed by atoms with Crippen LogP contribution in [0, 0.1) is 12.8 Å². The molecule has 6 heteroatoms. The van der Waals surface area contributed by atoms with Crippen molar-refractivity contribution in [2.24, 2.45) is 5.92 Å². The summed E-state index contributed by atoms with van der Waals surface area (Å²) >= 11 is 0. The van der Waals surface area contributed by atoms with E-state index in [-0.39, 0.29) is 0 Å². The zero-order chi connectivity index (χ0) is 27.9. The minimum absolute atomic E-state index is 0.521. The third-order valence-electron chi connectivity index (χ3n) is 6.39. The third-order valence-corrected chi connectivity index (χ3v) is 6.39. The largest absolute Gasteiger partial charge is 0.359 e. The molecule has 0 aromatic carbocycles. The maximum atomic E-state index is 4.65. The number of hydrogen-bond acceptors (Lipinski definition) is 4. The van der Waals surface area contributed by atoms with Crippen LogP contribution in [-0.4, -0.2) is 25.1 Å². The normalized spacial score (nSPS) is 12.7. The van der Waals surface area contributed by atoms with Gasteiger partial charge in [0.25, 0.3) is 0 Å². The summed E-state index contributed by atoms with van der Waals surface area (Å²) in [7, 11) is 0. The van der Waals surface area contributed by atoms with Gasteiger partial charge in [-0.3, -0.25) is 10.1 Å². The van der Waals surface area contributed by atoms with E-state index in [1.807, 2.05) is 43.6 Å². The predicted octanol–water partition coefficient (Wildman–Crippen LogP) is 7.90. The number of nitrogens with zero attached hydrogens (tertiary/aromatic N) is 3. The monoisotopic (exact) mass is 516 g/mol. The maximum Gasteiger partial charge on any atom is 0.181 e. The van der Waals surface area contributed by atoms with Gasteiger partial charge in [0.2, 0.25) is 0 Å². The van der Waals surface area contributed by atoms with E-state index in [1.54, 1.807) is 12.3 Å². The summed E-state index contributed by atoms with van der Waals surface area (Å²) in [6.07, 6.45) is 16.1. The molecule has 0 aliphatic rings. The van der Waals surface area contributed by atoms with Crippen molar-refractivity contribution in [1.82, 2.24) is 30.5 Å². The molecule has 4 aromatic rings. The van der Waals surface area contributed by atoms with Crippen molar-refractivity contribution in [1.29, 1.82) is 0 Å². The van der Waals surface area contributed by atoms with Crippen molar-refractivity contribution in [3.05, 3.63) is 127 Å². The molecule has 0 atom stereocenters. The smallest absolute Gasteiger partial charge is 0.181 e. The van der Waals surface area contributed by atoms with E-state index in [9.17, 15) is 0 Å². The summed E-state index contributed by atoms with van der Waals surface area (Å²) < 4.78 is 0. The SMILES string of the molecule is C=C/C=C(/c1cccnc1)c1cc(-c2[nH]nc3ncc(C(/C=C(\C=C)NC(=C)CC(C)C)=C/C)cc23)[nH]c1C. The number of aromatic amines is 2. The first-order valence-corrected chi connectivity index (χ1v) is 13.1. The lowest BCUT2D eigenvalue weighted by molar-refractivity contribution is 0.622. The molecule has 0 saturated heterocycles. The van der Waals surface area contributed by atoms with E-state index in [4.69, 9.17) is 0 Å². The first kappa shape index (κ1) is 27.3. The van der Waals surface area contributed by atoms with Crippen molar-refractivity contribution >= 4 is 22.2 Å². The van der Waals surface area contributed by atoms with E-state index >= 15 is 0 Å². The highest BCUT2D eigenvalue weighted by molar-refractivity contribution is 5.94. The van der Waals surface area contributed by atoms with Crippen molar-refractivity contribution in [2.45, 2.75) is 34.1 Å². The average molecular weight is 517 g/mol. The van der Waals surface area contributed by atoms with E-state index in [0.717, 1.165) is 68.1 Å². The number of pyridine rings is 2. The van der Waals surface area contributed by atoms with Gasteiger partial charge in [-0.1, -0.05) is 57.9 Å². The Morgan fingerprint density at radius 1 is 1.15 bits per heavy atom. The van der Waals surface area contributed by atoms with Gasteiger partial charge in [0.05, 0.1) is 11.4 Å². The highest BCUT2D eigenvalue weighted by atomic mass is 15.2. The predicted molar refractivity (Wildman–Crippen MR) is 164 cm³/mol. The van der Waals surface area contributed by atoms with Crippen LogP contribution in [0.5, 0.6) is 0 Å². The van der Waals surface area contributed by atoms with Crippen LogP contribution >= 0.6 is 0 Å². The van der Waals surface area contributed by atoms with Gasteiger partial charge in [-0.05, 0) is 67.7 Å². The molecule has 0 bridgehead atoms. The first-order valence-electron chi connectivity index (χ1n) is 13.1. The average Bonchev–Trinajstić information content (AvgIpc) is 3.52. The van der Waals surface area contributed by atoms with Crippen LogP contribution in [0.2, 0.25) is 0 Å². The number of nitrogens with one attached hydrogen (secondary N) is 3. The molecule has 0 amide bonds. The van der Waals surface area contributed by atoms with E-state index < -0.39 is 0 Å². The summed E-state index contributed by atoms with van der Waals surface area (Å²) in [4.78, 5) is 12.5. The number of aromatic nitrogens is 5. The van der Waals surface area contributed by atoms with Crippen LogP contribution in [0.15, 0.2) is 104 Å². The number of aryl methyl sites for hydroxylation is 1. The van der Waals surface area contributed by atoms with Crippen molar-refractivity contribution in [3.8, 4) is 11.4 Å². The molecule has 4 heterocycles. The number of rotatable bonds is 11. The molecule has 0 spiro atoms. The minimum Gasteiger partial charge on any atom is -0.359 e. The number of H-pyrrole nitrogens is 2. The number of fused-ring (bicyclic) bond motifs is 1. The second-order valence-electron chi connectivity index (χ2n) is 9.85. The van der Waals surface area contributed by atoms with Gasteiger partial charge >= 0.3 is 0 Å². The van der Waals surface area contributed by atoms with Gasteiger partial charge in [0.1, 0.15) is 0 Å². The summed E-state index contributed by atoms with van der Waals surface area (Å²) in [5.74, 6) is 0.521. The Kier molecular flexibility index (Phi) is 8.56. The highest BCUT2D eigenvalue weighted by Gasteiger charge is 2.17. The van der Waals surface area contributed by atoms with Crippen LogP contribution in [-0.2, 0) is 0 Å². The van der Waals surface area contributed by atoms with E-state index in [2.05, 4.69) is 95.3 Å². The Morgan fingerprint density at radius 2 is 1.97 bits per heavy atom. The molecule has 198 valence electrons. The Labute approximate surface area is 230 Å². The number of hydrogen-bond donors (Lipinski definition) is 3. The van der Waals surface area contributed by atoms with E-state index in [1.165, 1.54) is 0 Å². The molecular formula is C33H36N6. The fraction of sp³-hybridized carbons (Fsp3) is 0.182. The second kappa shape index (κ2) is 12.2. The van der Waals surface area contributed by atoms with Crippen LogP contribution in [0.25, 0.3) is 33.6 Å². The fourth-order valence-electron chi connectivity index (χ4n) is 4.61. The Bertz CT molecular complexity index is 1590. The van der Waals surface area contributed by atoms with Gasteiger partial charge in [-0.2, -0.15) is 5.10 Å². The topological polar surface area (TPSA) is 82.3 Å². The third kappa shape index (κ3) is 6.24. The quantitative estimate of drug-likeness (QED) is 0.177. The summed E-state index contributed by atoms with van der Waals surface area (Å²) in [5, 5.41) is 12.0. The van der Waals surface area contributed by atoms with Crippen LogP contribution in [0.4, 0.5) is 0 Å². The molecule has 4 aromatic heterocycles. The van der Waals surface area contributed by atoms with Gasteiger partial charge in [-0.25, -0.2) is 4.98 Å². The molecule has 0 unspecified atom stereocenters. The van der Waals surface area contributed by atoms with Gasteiger partial charge < -0.3 is 10.3 Å². The molecule has 0 radical (unpaired) electrons. The summed E-state index contributed by atoms with van der Waals surface area (Å²) in [6, 6.07) is 8.24. The maximum absolute atomic E-state index is 4.65. The number of allylic oxidation sites excluding steroid dienone is 7. The van der Waals surface area contributed by atoms with Crippen molar-refractivity contribution in [3.63, 3.8) is 0 Å². The first-order chi connectivity index (χ1) is 18.8. The molecule has 6 nitrogen and oxygen atoms in total. The summed E-state index contributed by atoms with van der Waals surface area (Å²) in [5.41, 5.74) is 10.5. The Hall–Kier alpha value is -4.71. The van der Waals surface area contributed by atoms with Crippen LogP contribution in [0.3, 0.4) is 0 Å². The Balaban J connectivity index is 1.72. The van der Waals surface area contributed by atoms with Crippen molar-refractivity contribution < 1.29 is 0 Å². The fourth-order valence-corrected chi connectivity index (χ4v) is 4.61. The molecule has 39 heavy (non-hydrogen) atoms. The lowest BCUT2D eigenvalue weighted by atomic mass is 9.98. The molecule has 0 aliphatic heterocycles. The minimum atomic E-state index is 0.521. The molecule has 3 N–H and O–H groups in total. The summed E-state index contributed by atoms with van der Waals surface area (Å²) in [6.45, 7) is 20.5. The molecular weight excluding hydrogens is 480 g/mol. The Morgan fingerprint density at radius 3 is 2.64 bits per heavy atom. The lowest BCUT2D eigenvalue weighted by Gasteiger charge is -2.13. The molecule has 0 saturated carbocycles. The van der Waals surface area contributed by atoms with Crippen LogP contribution < -0.4 is 5.32 Å². The highest BCUT2D eigenvalue weighted by Crippen LogP contribution is 2.33. The lowest BCUT2D eigenvalue weighted by Crippen LogP contribution is -2.12. The zero-order valence-corrected chi connectivity index (χ0v) is 23.2. The molecule has 0 aliphatic carbocycles. The van der Waals surface area contributed by atoms with E-state index in [0.29, 0.717) is 11.6 Å². The zero-order valence-electron chi connectivity index (χ0n) is 23.2. The second-order valence-corrected chi connectivity index (χ2v) is 9.85. The van der Waals surface area contributed by atoms with Gasteiger partial charge in [0.15, 0.2) is 5.65 Å². The molecule has 4 rings (SSSR count). The molecule has 0 fully saturated rings. The van der Waals surface area contributed by atoms with Crippen LogP contribution in [0.1, 0.15) is 49.6 Å². The standard InChI is InChI=1S/C33H36N6/c1-8-12-28(25-13-11-14-34-19-25)29-18-31(37-23(29)7)32-30-17-26(20-35-33(30)39-38-32)24(9-2)16-27(10-3)36-22(6)15-21(4)5/h8-14,16-21,36-37H,1,3,6,15H2,2,4-5,7H3,(H,35,38,39)/b24-9+,27-16+,28-12-. The van der Waals surface area contributed by atoms with Gasteiger partial charge in [-0.15, -0.1) is 0 Å². The van der Waals surface area contributed by atoms with Gasteiger partial charge in [0, 0.05) is 57.8 Å².